The van der Waals surface area contributed by atoms with Crippen LogP contribution in [0, 0.1) is 0 Å². The van der Waals surface area contributed by atoms with E-state index < -0.39 is 14.4 Å². The van der Waals surface area contributed by atoms with Crippen molar-refractivity contribution in [3.05, 3.63) is 0 Å². The Morgan fingerprint density at radius 2 is 1.40 bits per heavy atom. The Bertz CT molecular complexity index is 67.7. The molecule has 0 aromatic heterocycles. The Hall–Kier alpha value is 0.492. The molecule has 0 aliphatic heterocycles. The highest BCUT2D eigenvalue weighted by molar-refractivity contribution is 6.55. The lowest BCUT2D eigenvalue weighted by molar-refractivity contribution is 0.624. The maximum Gasteiger partial charge on any atom is 0.372 e. The molecular formula is C8H20AlN. The van der Waals surface area contributed by atoms with Crippen LogP contribution in [-0.2, 0) is 0 Å². The first kappa shape index (κ1) is 10.5. The summed E-state index contributed by atoms with van der Waals surface area (Å²) in [6.07, 6.45) is 2.74. The van der Waals surface area contributed by atoms with Crippen LogP contribution in [0.15, 0.2) is 0 Å². The van der Waals surface area contributed by atoms with Crippen LogP contribution in [0.25, 0.3) is 0 Å². The molecule has 60 valence electrons. The first-order chi connectivity index (χ1) is 4.72. The van der Waals surface area contributed by atoms with Gasteiger partial charge in [-0.2, -0.15) is 0 Å². The Morgan fingerprint density at radius 1 is 1.00 bits per heavy atom. The van der Waals surface area contributed by atoms with Gasteiger partial charge in [-0.3, -0.25) is 0 Å². The molecule has 0 fully saturated rings. The highest BCUT2D eigenvalue weighted by atomic mass is 27.2. The van der Waals surface area contributed by atoms with E-state index in [1.54, 1.807) is 0 Å². The second kappa shape index (κ2) is 6.22. The molecule has 0 aliphatic rings. The monoisotopic (exact) mass is 157 g/mol. The molecule has 0 N–H and O–H groups in total. The largest absolute Gasteiger partial charge is 0.390 e. The molecule has 0 aromatic carbocycles. The molecule has 0 rings (SSSR count). The van der Waals surface area contributed by atoms with Crippen molar-refractivity contribution in [3.8, 4) is 0 Å². The van der Waals surface area contributed by atoms with Crippen molar-refractivity contribution in [1.82, 2.24) is 3.88 Å². The molecule has 0 heterocycles. The Morgan fingerprint density at radius 3 is 1.60 bits per heavy atom. The standard InChI is InChI=1S/2C3H7.C2H6N.Al/c3*1-3-2;/h2*1,3H2,2H3;1-2H3;/q;;-1;+1. The summed E-state index contributed by atoms with van der Waals surface area (Å²) in [6, 6.07) is 0. The maximum absolute atomic E-state index is 2.48. The molecule has 10 heavy (non-hydrogen) atoms. The summed E-state index contributed by atoms with van der Waals surface area (Å²) >= 11 is -0.474. The zero-order chi connectivity index (χ0) is 7.98. The SMILES string of the molecule is CC[CH2][Al]([CH2]CC)[N](C)C. The van der Waals surface area contributed by atoms with Crippen molar-refractivity contribution >= 4 is 14.4 Å². The topological polar surface area (TPSA) is 3.24 Å². The Kier molecular flexibility index (Phi) is 6.52. The molecule has 0 amide bonds. The lowest BCUT2D eigenvalue weighted by Gasteiger charge is -2.17. The van der Waals surface area contributed by atoms with Crippen LogP contribution in [0.4, 0.5) is 0 Å². The predicted molar refractivity (Wildman–Crippen MR) is 49.6 cm³/mol. The minimum Gasteiger partial charge on any atom is -0.390 e. The summed E-state index contributed by atoms with van der Waals surface area (Å²) in [6.45, 7) is 4.58. The second-order valence-corrected chi connectivity index (χ2v) is 6.69. The summed E-state index contributed by atoms with van der Waals surface area (Å²) < 4.78 is 2.48. The van der Waals surface area contributed by atoms with E-state index in [4.69, 9.17) is 0 Å². The maximum atomic E-state index is 2.48. The first-order valence-corrected chi connectivity index (χ1v) is 6.53. The van der Waals surface area contributed by atoms with E-state index in [1.165, 1.54) is 23.4 Å². The predicted octanol–water partition coefficient (Wildman–Crippen LogP) is 2.36. The molecule has 0 unspecified atom stereocenters. The molecule has 0 radical (unpaired) electrons. The van der Waals surface area contributed by atoms with Gasteiger partial charge in [-0.05, 0) is 14.1 Å². The van der Waals surface area contributed by atoms with E-state index in [2.05, 4.69) is 31.8 Å². The number of hydrogen-bond donors (Lipinski definition) is 0. The van der Waals surface area contributed by atoms with Gasteiger partial charge >= 0.3 is 14.4 Å². The zero-order valence-corrected chi connectivity index (χ0v) is 9.01. The first-order valence-electron chi connectivity index (χ1n) is 4.38. The van der Waals surface area contributed by atoms with Gasteiger partial charge in [-0.15, -0.1) is 0 Å². The van der Waals surface area contributed by atoms with Gasteiger partial charge in [0.2, 0.25) is 0 Å². The molecular weight excluding hydrogens is 137 g/mol. The van der Waals surface area contributed by atoms with Crippen LogP contribution in [0.3, 0.4) is 0 Å². The van der Waals surface area contributed by atoms with E-state index >= 15 is 0 Å². The summed E-state index contributed by atoms with van der Waals surface area (Å²) in [5.74, 6) is 0. The van der Waals surface area contributed by atoms with Crippen LogP contribution >= 0.6 is 0 Å². The third kappa shape index (κ3) is 4.33. The van der Waals surface area contributed by atoms with Crippen LogP contribution in [0.2, 0.25) is 10.6 Å². The average Bonchev–Trinajstić information content (AvgIpc) is 1.87. The minimum atomic E-state index is -0.474. The van der Waals surface area contributed by atoms with Gasteiger partial charge < -0.3 is 3.88 Å². The summed E-state index contributed by atoms with van der Waals surface area (Å²) in [7, 11) is 4.48. The Balaban J connectivity index is 3.50. The van der Waals surface area contributed by atoms with Crippen LogP contribution in [0.5, 0.6) is 0 Å². The van der Waals surface area contributed by atoms with Crippen molar-refractivity contribution in [2.45, 2.75) is 37.3 Å². The van der Waals surface area contributed by atoms with Crippen molar-refractivity contribution in [2.75, 3.05) is 14.1 Å². The molecule has 0 spiro atoms. The van der Waals surface area contributed by atoms with Crippen LogP contribution in [0.1, 0.15) is 26.7 Å². The van der Waals surface area contributed by atoms with Gasteiger partial charge in [0.15, 0.2) is 0 Å². The Labute approximate surface area is 70.0 Å². The molecule has 0 aliphatic carbocycles. The van der Waals surface area contributed by atoms with E-state index in [-0.39, 0.29) is 0 Å². The minimum absolute atomic E-state index is 0.474. The normalized spacial score (nSPS) is 10.5. The molecule has 2 heteroatoms. The average molecular weight is 157 g/mol. The lowest BCUT2D eigenvalue weighted by atomic mass is 10.6. The van der Waals surface area contributed by atoms with Crippen molar-refractivity contribution in [2.24, 2.45) is 0 Å². The molecule has 0 atom stereocenters. The summed E-state index contributed by atoms with van der Waals surface area (Å²) in [5, 5.41) is 2.97. The second-order valence-electron chi connectivity index (χ2n) is 3.19. The third-order valence-electron chi connectivity index (χ3n) is 1.97. The molecule has 0 saturated heterocycles. The van der Waals surface area contributed by atoms with Gasteiger partial charge in [-0.1, -0.05) is 37.3 Å². The highest BCUT2D eigenvalue weighted by Crippen LogP contribution is 2.07. The van der Waals surface area contributed by atoms with Gasteiger partial charge in [0.1, 0.15) is 0 Å². The molecule has 0 bridgehead atoms. The molecule has 0 aromatic rings. The van der Waals surface area contributed by atoms with Gasteiger partial charge in [0, 0.05) is 0 Å². The molecule has 0 saturated carbocycles. The fourth-order valence-electron chi connectivity index (χ4n) is 1.33. The quantitative estimate of drug-likeness (QED) is 0.554. The van der Waals surface area contributed by atoms with Gasteiger partial charge in [0.25, 0.3) is 0 Å². The van der Waals surface area contributed by atoms with Crippen molar-refractivity contribution < 1.29 is 0 Å². The fraction of sp³-hybridized carbons (Fsp3) is 1.00. The highest BCUT2D eigenvalue weighted by Gasteiger charge is 2.17. The third-order valence-corrected chi connectivity index (χ3v) is 5.92. The van der Waals surface area contributed by atoms with E-state index in [1.807, 2.05) is 0 Å². The smallest absolute Gasteiger partial charge is 0.372 e. The van der Waals surface area contributed by atoms with Crippen LogP contribution < -0.4 is 0 Å². The van der Waals surface area contributed by atoms with E-state index in [0.717, 1.165) is 0 Å². The van der Waals surface area contributed by atoms with E-state index in [9.17, 15) is 0 Å². The summed E-state index contributed by atoms with van der Waals surface area (Å²) in [5.41, 5.74) is 0. The van der Waals surface area contributed by atoms with Crippen LogP contribution in [-0.4, -0.2) is 32.3 Å². The zero-order valence-electron chi connectivity index (χ0n) is 7.85. The number of nitrogens with zero attached hydrogens (tertiary/aromatic N) is 1. The van der Waals surface area contributed by atoms with E-state index in [0.29, 0.717) is 0 Å². The van der Waals surface area contributed by atoms with Crippen molar-refractivity contribution in [3.63, 3.8) is 0 Å². The number of rotatable bonds is 5. The number of hydrogen-bond acceptors (Lipinski definition) is 1. The van der Waals surface area contributed by atoms with Gasteiger partial charge in [0.05, 0.1) is 0 Å². The molecule has 1 nitrogen and oxygen atoms in total. The summed E-state index contributed by atoms with van der Waals surface area (Å²) in [4.78, 5) is 0. The lowest BCUT2D eigenvalue weighted by Crippen LogP contribution is -2.31. The fourth-order valence-corrected chi connectivity index (χ4v) is 3.98. The van der Waals surface area contributed by atoms with Gasteiger partial charge in [-0.25, -0.2) is 0 Å². The van der Waals surface area contributed by atoms with Crippen molar-refractivity contribution in [1.29, 1.82) is 0 Å².